The Labute approximate surface area is 151 Å². The molecule has 1 unspecified atom stereocenters. The molecule has 0 aliphatic rings. The van der Waals surface area contributed by atoms with Crippen molar-refractivity contribution in [2.45, 2.75) is 104 Å². The standard InChI is InChI=1S/C21H44N2O/c1-4-7-8-9-10-11-12-13-14-15-17-20(18-16-19-22)21(24)23(5-2)6-3/h20H,4-19,22H2,1-3H3. The molecule has 144 valence electrons. The molecule has 0 saturated carbocycles. The predicted octanol–water partition coefficient (Wildman–Crippen LogP) is 5.52. The number of hydrogen-bond acceptors (Lipinski definition) is 2. The fourth-order valence-electron chi connectivity index (χ4n) is 3.43. The Bertz CT molecular complexity index is 277. The van der Waals surface area contributed by atoms with Gasteiger partial charge in [0.2, 0.25) is 5.91 Å². The summed E-state index contributed by atoms with van der Waals surface area (Å²) in [4.78, 5) is 14.6. The van der Waals surface area contributed by atoms with Crippen LogP contribution in [-0.2, 0) is 4.79 Å². The van der Waals surface area contributed by atoms with Crippen molar-refractivity contribution in [3.05, 3.63) is 0 Å². The Kier molecular flexibility index (Phi) is 16.8. The van der Waals surface area contributed by atoms with Crippen molar-refractivity contribution < 1.29 is 4.79 Å². The minimum Gasteiger partial charge on any atom is -0.343 e. The second-order valence-electron chi connectivity index (χ2n) is 7.11. The second-order valence-corrected chi connectivity index (χ2v) is 7.11. The van der Waals surface area contributed by atoms with Crippen LogP contribution in [0.3, 0.4) is 0 Å². The Morgan fingerprint density at radius 1 is 0.750 bits per heavy atom. The number of carbonyl (C=O) groups excluding carboxylic acids is 1. The van der Waals surface area contributed by atoms with Gasteiger partial charge in [-0.3, -0.25) is 4.79 Å². The van der Waals surface area contributed by atoms with Gasteiger partial charge in [0, 0.05) is 19.0 Å². The fourth-order valence-corrected chi connectivity index (χ4v) is 3.43. The summed E-state index contributed by atoms with van der Waals surface area (Å²) in [5.41, 5.74) is 5.65. The van der Waals surface area contributed by atoms with Gasteiger partial charge in [0.25, 0.3) is 0 Å². The quantitative estimate of drug-likeness (QED) is 0.354. The van der Waals surface area contributed by atoms with Crippen molar-refractivity contribution in [2.75, 3.05) is 19.6 Å². The van der Waals surface area contributed by atoms with E-state index in [9.17, 15) is 4.79 Å². The van der Waals surface area contributed by atoms with Crippen molar-refractivity contribution in [3.8, 4) is 0 Å². The van der Waals surface area contributed by atoms with Crippen LogP contribution in [-0.4, -0.2) is 30.4 Å². The molecule has 3 nitrogen and oxygen atoms in total. The van der Waals surface area contributed by atoms with Crippen molar-refractivity contribution in [2.24, 2.45) is 11.7 Å². The number of nitrogens with two attached hydrogens (primary N) is 1. The van der Waals surface area contributed by atoms with E-state index in [0.29, 0.717) is 12.5 Å². The molecular weight excluding hydrogens is 296 g/mol. The molecule has 0 aliphatic carbocycles. The number of hydrogen-bond donors (Lipinski definition) is 1. The molecule has 0 aromatic carbocycles. The average Bonchev–Trinajstić information content (AvgIpc) is 2.60. The maximum Gasteiger partial charge on any atom is 0.225 e. The first-order valence-corrected chi connectivity index (χ1v) is 10.7. The van der Waals surface area contributed by atoms with Gasteiger partial charge >= 0.3 is 0 Å². The van der Waals surface area contributed by atoms with Crippen LogP contribution < -0.4 is 5.73 Å². The van der Waals surface area contributed by atoms with E-state index in [4.69, 9.17) is 5.73 Å². The van der Waals surface area contributed by atoms with E-state index < -0.39 is 0 Å². The largest absolute Gasteiger partial charge is 0.343 e. The van der Waals surface area contributed by atoms with Crippen LogP contribution in [0.25, 0.3) is 0 Å². The molecule has 0 saturated heterocycles. The molecule has 0 fully saturated rings. The van der Waals surface area contributed by atoms with Gasteiger partial charge in [0.05, 0.1) is 0 Å². The van der Waals surface area contributed by atoms with Crippen LogP contribution in [0.4, 0.5) is 0 Å². The number of nitrogens with zero attached hydrogens (tertiary/aromatic N) is 1. The molecule has 0 spiro atoms. The van der Waals surface area contributed by atoms with Crippen LogP contribution in [0.5, 0.6) is 0 Å². The number of unbranched alkanes of at least 4 members (excludes halogenated alkanes) is 9. The number of rotatable bonds is 17. The third-order valence-electron chi connectivity index (χ3n) is 5.09. The van der Waals surface area contributed by atoms with Crippen LogP contribution in [0.2, 0.25) is 0 Å². The topological polar surface area (TPSA) is 46.3 Å². The summed E-state index contributed by atoms with van der Waals surface area (Å²) in [6.07, 6.45) is 16.5. The van der Waals surface area contributed by atoms with Gasteiger partial charge in [-0.1, -0.05) is 71.1 Å². The first kappa shape index (κ1) is 23.4. The minimum absolute atomic E-state index is 0.197. The summed E-state index contributed by atoms with van der Waals surface area (Å²) in [7, 11) is 0. The van der Waals surface area contributed by atoms with Gasteiger partial charge in [-0.25, -0.2) is 0 Å². The third kappa shape index (κ3) is 11.9. The molecule has 3 heteroatoms. The molecule has 0 aromatic heterocycles. The zero-order chi connectivity index (χ0) is 18.0. The van der Waals surface area contributed by atoms with Crippen molar-refractivity contribution in [3.63, 3.8) is 0 Å². The number of carbonyl (C=O) groups is 1. The summed E-state index contributed by atoms with van der Waals surface area (Å²) in [5, 5.41) is 0. The van der Waals surface area contributed by atoms with E-state index in [1.54, 1.807) is 0 Å². The van der Waals surface area contributed by atoms with E-state index in [2.05, 4.69) is 20.8 Å². The molecule has 0 aliphatic heterocycles. The highest BCUT2D eigenvalue weighted by atomic mass is 16.2. The lowest BCUT2D eigenvalue weighted by Gasteiger charge is -2.25. The lowest BCUT2D eigenvalue weighted by atomic mass is 9.94. The molecule has 0 rings (SSSR count). The predicted molar refractivity (Wildman–Crippen MR) is 106 cm³/mol. The normalized spacial score (nSPS) is 12.3. The van der Waals surface area contributed by atoms with Gasteiger partial charge in [-0.05, 0) is 39.7 Å². The molecule has 2 N–H and O–H groups in total. The van der Waals surface area contributed by atoms with Crippen LogP contribution in [0.15, 0.2) is 0 Å². The van der Waals surface area contributed by atoms with Crippen LogP contribution in [0.1, 0.15) is 104 Å². The van der Waals surface area contributed by atoms with Crippen LogP contribution in [0, 0.1) is 5.92 Å². The molecule has 1 atom stereocenters. The molecule has 0 radical (unpaired) electrons. The van der Waals surface area contributed by atoms with Gasteiger partial charge < -0.3 is 10.6 Å². The summed E-state index contributed by atoms with van der Waals surface area (Å²) in [6, 6.07) is 0. The second kappa shape index (κ2) is 17.3. The molecule has 24 heavy (non-hydrogen) atoms. The lowest BCUT2D eigenvalue weighted by molar-refractivity contribution is -0.135. The fraction of sp³-hybridized carbons (Fsp3) is 0.952. The summed E-state index contributed by atoms with van der Waals surface area (Å²) >= 11 is 0. The first-order valence-electron chi connectivity index (χ1n) is 10.7. The Balaban J connectivity index is 3.84. The number of amides is 1. The molecular formula is C21H44N2O. The summed E-state index contributed by atoms with van der Waals surface area (Å²) in [6.45, 7) is 8.76. The highest BCUT2D eigenvalue weighted by Crippen LogP contribution is 2.19. The van der Waals surface area contributed by atoms with E-state index in [0.717, 1.165) is 32.4 Å². The first-order chi connectivity index (χ1) is 11.7. The zero-order valence-corrected chi connectivity index (χ0v) is 16.8. The lowest BCUT2D eigenvalue weighted by Crippen LogP contribution is -2.36. The molecule has 0 heterocycles. The van der Waals surface area contributed by atoms with Crippen molar-refractivity contribution >= 4 is 5.91 Å². The Hall–Kier alpha value is -0.570. The van der Waals surface area contributed by atoms with Crippen LogP contribution >= 0.6 is 0 Å². The SMILES string of the molecule is CCCCCCCCCCCCC(CCCN)C(=O)N(CC)CC. The van der Waals surface area contributed by atoms with E-state index in [1.807, 2.05) is 4.90 Å². The highest BCUT2D eigenvalue weighted by Gasteiger charge is 2.21. The maximum absolute atomic E-state index is 12.6. The van der Waals surface area contributed by atoms with E-state index in [-0.39, 0.29) is 5.92 Å². The van der Waals surface area contributed by atoms with Gasteiger partial charge in [-0.2, -0.15) is 0 Å². The van der Waals surface area contributed by atoms with E-state index in [1.165, 1.54) is 64.2 Å². The monoisotopic (exact) mass is 340 g/mol. The maximum atomic E-state index is 12.6. The van der Waals surface area contributed by atoms with Crippen molar-refractivity contribution in [1.29, 1.82) is 0 Å². The minimum atomic E-state index is 0.197. The average molecular weight is 341 g/mol. The van der Waals surface area contributed by atoms with E-state index >= 15 is 0 Å². The third-order valence-corrected chi connectivity index (χ3v) is 5.09. The van der Waals surface area contributed by atoms with Crippen molar-refractivity contribution in [1.82, 2.24) is 4.90 Å². The zero-order valence-electron chi connectivity index (χ0n) is 16.8. The molecule has 0 aromatic rings. The van der Waals surface area contributed by atoms with Gasteiger partial charge in [0.15, 0.2) is 0 Å². The molecule has 0 bridgehead atoms. The smallest absolute Gasteiger partial charge is 0.225 e. The Morgan fingerprint density at radius 3 is 1.67 bits per heavy atom. The highest BCUT2D eigenvalue weighted by molar-refractivity contribution is 5.78. The van der Waals surface area contributed by atoms with Gasteiger partial charge in [0.1, 0.15) is 0 Å². The Morgan fingerprint density at radius 2 is 1.21 bits per heavy atom. The summed E-state index contributed by atoms with van der Waals surface area (Å²) < 4.78 is 0. The van der Waals surface area contributed by atoms with Gasteiger partial charge in [-0.15, -0.1) is 0 Å². The molecule has 1 amide bonds. The summed E-state index contributed by atoms with van der Waals surface area (Å²) in [5.74, 6) is 0.548.